The maximum absolute atomic E-state index is 5.58. The monoisotopic (exact) mass is 418 g/mol. The van der Waals surface area contributed by atoms with Gasteiger partial charge >= 0.3 is 0 Å². The zero-order chi connectivity index (χ0) is 20.8. The van der Waals surface area contributed by atoms with E-state index in [4.69, 9.17) is 9.47 Å². The van der Waals surface area contributed by atoms with E-state index in [-0.39, 0.29) is 0 Å². The lowest BCUT2D eigenvalue weighted by atomic mass is 10.2. The van der Waals surface area contributed by atoms with Crippen molar-refractivity contribution in [2.75, 3.05) is 13.7 Å². The zero-order valence-corrected chi connectivity index (χ0v) is 17.7. The Kier molecular flexibility index (Phi) is 6.29. The van der Waals surface area contributed by atoms with Crippen molar-refractivity contribution in [2.45, 2.75) is 17.8 Å². The van der Waals surface area contributed by atoms with Crippen molar-refractivity contribution in [3.63, 3.8) is 0 Å². The molecule has 6 nitrogen and oxygen atoms in total. The molecule has 2 heterocycles. The van der Waals surface area contributed by atoms with Crippen LogP contribution in [0.2, 0.25) is 0 Å². The first-order valence-electron chi connectivity index (χ1n) is 9.63. The molecule has 2 aromatic carbocycles. The Morgan fingerprint density at radius 3 is 2.57 bits per heavy atom. The molecule has 0 aliphatic carbocycles. The number of pyridine rings is 1. The average molecular weight is 419 g/mol. The van der Waals surface area contributed by atoms with Crippen molar-refractivity contribution in [3.05, 3.63) is 78.6 Å². The molecule has 30 heavy (non-hydrogen) atoms. The van der Waals surface area contributed by atoms with Gasteiger partial charge in [0.1, 0.15) is 11.5 Å². The van der Waals surface area contributed by atoms with Crippen molar-refractivity contribution < 1.29 is 9.47 Å². The number of ether oxygens (including phenoxy) is 2. The third kappa shape index (κ3) is 4.46. The van der Waals surface area contributed by atoms with Gasteiger partial charge < -0.3 is 9.47 Å². The summed E-state index contributed by atoms with van der Waals surface area (Å²) in [7, 11) is 1.68. The van der Waals surface area contributed by atoms with E-state index in [0.717, 1.165) is 45.0 Å². The molecule has 7 heteroatoms. The van der Waals surface area contributed by atoms with Crippen molar-refractivity contribution >= 4 is 11.8 Å². The van der Waals surface area contributed by atoms with Gasteiger partial charge in [0.15, 0.2) is 11.0 Å². The number of thioether (sulfide) groups is 1. The largest absolute Gasteiger partial charge is 0.497 e. The summed E-state index contributed by atoms with van der Waals surface area (Å²) in [5.74, 6) is 3.18. The minimum Gasteiger partial charge on any atom is -0.497 e. The van der Waals surface area contributed by atoms with Gasteiger partial charge in [0, 0.05) is 29.4 Å². The minimum absolute atomic E-state index is 0.633. The van der Waals surface area contributed by atoms with E-state index in [0.29, 0.717) is 6.61 Å². The summed E-state index contributed by atoms with van der Waals surface area (Å²) < 4.78 is 13.0. The highest BCUT2D eigenvalue weighted by Crippen LogP contribution is 2.30. The fraction of sp³-hybridized carbons (Fsp3) is 0.174. The van der Waals surface area contributed by atoms with E-state index in [1.54, 1.807) is 31.3 Å². The summed E-state index contributed by atoms with van der Waals surface area (Å²) in [5, 5.41) is 9.74. The molecule has 0 N–H and O–H groups in total. The van der Waals surface area contributed by atoms with Crippen molar-refractivity contribution in [3.8, 4) is 28.6 Å². The van der Waals surface area contributed by atoms with Crippen LogP contribution in [0, 0.1) is 0 Å². The summed E-state index contributed by atoms with van der Waals surface area (Å²) in [6.45, 7) is 2.61. The molecule has 0 fully saturated rings. The summed E-state index contributed by atoms with van der Waals surface area (Å²) in [6, 6.07) is 19.9. The Hall–Kier alpha value is -3.32. The first-order chi connectivity index (χ1) is 14.8. The Morgan fingerprint density at radius 1 is 0.967 bits per heavy atom. The molecule has 0 saturated carbocycles. The molecule has 0 aliphatic rings. The van der Waals surface area contributed by atoms with Crippen LogP contribution in [0.1, 0.15) is 12.5 Å². The summed E-state index contributed by atoms with van der Waals surface area (Å²) in [5.41, 5.74) is 3.03. The van der Waals surface area contributed by atoms with Gasteiger partial charge in [-0.2, -0.15) is 0 Å². The lowest BCUT2D eigenvalue weighted by Crippen LogP contribution is -2.00. The molecule has 0 unspecified atom stereocenters. The van der Waals surface area contributed by atoms with Crippen molar-refractivity contribution in [2.24, 2.45) is 0 Å². The van der Waals surface area contributed by atoms with Gasteiger partial charge in [-0.1, -0.05) is 23.9 Å². The van der Waals surface area contributed by atoms with Crippen LogP contribution in [0.3, 0.4) is 0 Å². The van der Waals surface area contributed by atoms with Crippen LogP contribution in [0.25, 0.3) is 17.1 Å². The molecule has 2 aromatic heterocycles. The van der Waals surface area contributed by atoms with Gasteiger partial charge in [0.05, 0.1) is 13.7 Å². The van der Waals surface area contributed by atoms with Crippen LogP contribution in [-0.2, 0) is 5.75 Å². The molecule has 4 rings (SSSR count). The SMILES string of the molecule is CCOc1ccc(-n2c(SCc3cccc(OC)c3)nnc2-c2cccnc2)cc1. The second-order valence-corrected chi connectivity index (χ2v) is 7.39. The number of hydrogen-bond acceptors (Lipinski definition) is 6. The number of methoxy groups -OCH3 is 1. The highest BCUT2D eigenvalue weighted by Gasteiger charge is 2.16. The molecule has 0 radical (unpaired) electrons. The van der Waals surface area contributed by atoms with Crippen molar-refractivity contribution in [1.82, 2.24) is 19.7 Å². The van der Waals surface area contributed by atoms with Crippen LogP contribution in [0.15, 0.2) is 78.2 Å². The average Bonchev–Trinajstić information content (AvgIpc) is 3.23. The minimum atomic E-state index is 0.633. The summed E-state index contributed by atoms with van der Waals surface area (Å²) >= 11 is 1.63. The van der Waals surface area contributed by atoms with Crippen LogP contribution >= 0.6 is 11.8 Å². The predicted molar refractivity (Wildman–Crippen MR) is 118 cm³/mol. The summed E-state index contributed by atoms with van der Waals surface area (Å²) in [6.07, 6.45) is 3.55. The first-order valence-corrected chi connectivity index (χ1v) is 10.6. The normalized spacial score (nSPS) is 10.7. The highest BCUT2D eigenvalue weighted by atomic mass is 32.2. The zero-order valence-electron chi connectivity index (χ0n) is 16.9. The van der Waals surface area contributed by atoms with Gasteiger partial charge in [-0.05, 0) is 61.0 Å². The van der Waals surface area contributed by atoms with E-state index in [1.165, 1.54) is 0 Å². The fourth-order valence-electron chi connectivity index (χ4n) is 3.05. The lowest BCUT2D eigenvalue weighted by molar-refractivity contribution is 0.340. The number of hydrogen-bond donors (Lipinski definition) is 0. The van der Waals surface area contributed by atoms with Gasteiger partial charge in [0.2, 0.25) is 0 Å². The maximum atomic E-state index is 5.58. The van der Waals surface area contributed by atoms with Gasteiger partial charge in [-0.25, -0.2) is 0 Å². The van der Waals surface area contributed by atoms with E-state index in [2.05, 4.69) is 25.8 Å². The lowest BCUT2D eigenvalue weighted by Gasteiger charge is -2.11. The fourth-order valence-corrected chi connectivity index (χ4v) is 3.94. The molecule has 0 amide bonds. The molecule has 0 saturated heterocycles. The van der Waals surface area contributed by atoms with E-state index in [1.807, 2.05) is 61.5 Å². The Labute approximate surface area is 179 Å². The van der Waals surface area contributed by atoms with E-state index in [9.17, 15) is 0 Å². The van der Waals surface area contributed by atoms with Crippen molar-refractivity contribution in [1.29, 1.82) is 0 Å². The van der Waals surface area contributed by atoms with Crippen LogP contribution in [0.5, 0.6) is 11.5 Å². The quantitative estimate of drug-likeness (QED) is 0.374. The van der Waals surface area contributed by atoms with Gasteiger partial charge in [-0.15, -0.1) is 10.2 Å². The first kappa shape index (κ1) is 20.0. The van der Waals surface area contributed by atoms with Gasteiger partial charge in [0.25, 0.3) is 0 Å². The second kappa shape index (κ2) is 9.45. The van der Waals surface area contributed by atoms with Gasteiger partial charge in [-0.3, -0.25) is 9.55 Å². The molecular formula is C23H22N4O2S. The molecule has 4 aromatic rings. The number of rotatable bonds is 8. The van der Waals surface area contributed by atoms with E-state index < -0.39 is 0 Å². The van der Waals surface area contributed by atoms with Crippen LogP contribution in [0.4, 0.5) is 0 Å². The number of nitrogens with zero attached hydrogens (tertiary/aromatic N) is 4. The topological polar surface area (TPSA) is 62.1 Å². The predicted octanol–water partition coefficient (Wildman–Crippen LogP) is 5.03. The van der Waals surface area contributed by atoms with Crippen LogP contribution < -0.4 is 9.47 Å². The van der Waals surface area contributed by atoms with E-state index >= 15 is 0 Å². The molecule has 152 valence electrons. The molecule has 0 spiro atoms. The third-order valence-electron chi connectivity index (χ3n) is 4.46. The Bertz CT molecular complexity index is 1100. The smallest absolute Gasteiger partial charge is 0.196 e. The van der Waals surface area contributed by atoms with Crippen LogP contribution in [-0.4, -0.2) is 33.5 Å². The highest BCUT2D eigenvalue weighted by molar-refractivity contribution is 7.98. The second-order valence-electron chi connectivity index (χ2n) is 6.45. The number of aromatic nitrogens is 4. The Morgan fingerprint density at radius 2 is 1.83 bits per heavy atom. The molecule has 0 bridgehead atoms. The summed E-state index contributed by atoms with van der Waals surface area (Å²) in [4.78, 5) is 4.23. The maximum Gasteiger partial charge on any atom is 0.196 e. The Balaban J connectivity index is 1.68. The molecule has 0 atom stereocenters. The standard InChI is InChI=1S/C23H22N4O2S/c1-3-29-20-11-9-19(10-12-20)27-22(18-7-5-13-24-15-18)25-26-23(27)30-16-17-6-4-8-21(14-17)28-2/h4-15H,3,16H2,1-2H3. The third-order valence-corrected chi connectivity index (χ3v) is 5.46. The molecular weight excluding hydrogens is 396 g/mol. The number of benzene rings is 2. The molecule has 0 aliphatic heterocycles.